The van der Waals surface area contributed by atoms with Crippen molar-refractivity contribution in [3.8, 4) is 0 Å². The number of nitrogens with zero attached hydrogens (tertiary/aromatic N) is 2. The average Bonchev–Trinajstić information content (AvgIpc) is 2.66. The van der Waals surface area contributed by atoms with E-state index in [0.717, 1.165) is 35.6 Å². The highest BCUT2D eigenvalue weighted by Crippen LogP contribution is 2.18. The van der Waals surface area contributed by atoms with Gasteiger partial charge in [-0.15, -0.1) is 0 Å². The number of rotatable bonds is 5. The molecule has 1 amide bonds. The van der Waals surface area contributed by atoms with Crippen molar-refractivity contribution < 1.29 is 9.53 Å². The number of aryl methyl sites for hydroxylation is 1. The van der Waals surface area contributed by atoms with Crippen LogP contribution in [-0.2, 0) is 16.1 Å². The number of morpholine rings is 1. The number of nitrogens with two attached hydrogens (primary N) is 1. The molecule has 0 radical (unpaired) electrons. The van der Waals surface area contributed by atoms with Crippen molar-refractivity contribution in [1.82, 2.24) is 10.3 Å². The Kier molecular flexibility index (Phi) is 6.08. The molecule has 6 heteroatoms. The van der Waals surface area contributed by atoms with E-state index < -0.39 is 6.04 Å². The standard InChI is InChI=1S/C21H28N4O2/c1-14-4-7-18(8-5-14)20(22)21(26)24-11-17-6-9-19(23-10-17)25-12-15(2)27-16(3)13-25/h4-10,15-16,20H,11-13,22H2,1-3H3,(H,24,26). The van der Waals surface area contributed by atoms with Crippen LogP contribution in [-0.4, -0.2) is 36.2 Å². The zero-order valence-electron chi connectivity index (χ0n) is 16.2. The number of hydrogen-bond acceptors (Lipinski definition) is 5. The average molecular weight is 368 g/mol. The predicted molar refractivity (Wildman–Crippen MR) is 106 cm³/mol. The molecule has 3 atom stereocenters. The van der Waals surface area contributed by atoms with Crippen molar-refractivity contribution in [2.45, 2.75) is 45.6 Å². The molecule has 1 aromatic heterocycles. The van der Waals surface area contributed by atoms with E-state index in [9.17, 15) is 4.79 Å². The number of hydrogen-bond donors (Lipinski definition) is 2. The lowest BCUT2D eigenvalue weighted by Crippen LogP contribution is -2.45. The molecule has 1 fully saturated rings. The minimum Gasteiger partial charge on any atom is -0.372 e. The second kappa shape index (κ2) is 8.50. The fourth-order valence-electron chi connectivity index (χ4n) is 3.30. The van der Waals surface area contributed by atoms with Crippen LogP contribution in [0.2, 0.25) is 0 Å². The molecule has 6 nitrogen and oxygen atoms in total. The summed E-state index contributed by atoms with van der Waals surface area (Å²) in [7, 11) is 0. The van der Waals surface area contributed by atoms with Crippen LogP contribution >= 0.6 is 0 Å². The summed E-state index contributed by atoms with van der Waals surface area (Å²) in [6, 6.07) is 11.0. The van der Waals surface area contributed by atoms with Gasteiger partial charge in [0, 0.05) is 25.8 Å². The van der Waals surface area contributed by atoms with Gasteiger partial charge in [-0.25, -0.2) is 4.98 Å². The van der Waals surface area contributed by atoms with Crippen molar-refractivity contribution in [3.05, 3.63) is 59.3 Å². The topological polar surface area (TPSA) is 80.5 Å². The summed E-state index contributed by atoms with van der Waals surface area (Å²) < 4.78 is 5.76. The molecule has 3 unspecified atom stereocenters. The Morgan fingerprint density at radius 2 is 1.89 bits per heavy atom. The van der Waals surface area contributed by atoms with Crippen LogP contribution in [0.4, 0.5) is 5.82 Å². The number of pyridine rings is 1. The Balaban J connectivity index is 1.55. The Morgan fingerprint density at radius 3 is 2.48 bits per heavy atom. The van der Waals surface area contributed by atoms with Gasteiger partial charge in [-0.3, -0.25) is 4.79 Å². The Bertz CT molecular complexity index is 751. The number of aromatic nitrogens is 1. The smallest absolute Gasteiger partial charge is 0.241 e. The largest absolute Gasteiger partial charge is 0.372 e. The number of benzene rings is 1. The zero-order chi connectivity index (χ0) is 19.4. The van der Waals surface area contributed by atoms with E-state index in [0.29, 0.717) is 6.54 Å². The highest BCUT2D eigenvalue weighted by atomic mass is 16.5. The minimum atomic E-state index is -0.672. The zero-order valence-corrected chi connectivity index (χ0v) is 16.2. The van der Waals surface area contributed by atoms with Crippen molar-refractivity contribution >= 4 is 11.7 Å². The van der Waals surface area contributed by atoms with E-state index >= 15 is 0 Å². The number of ether oxygens (including phenoxy) is 1. The maximum atomic E-state index is 12.3. The predicted octanol–water partition coefficient (Wildman–Crippen LogP) is 2.32. The van der Waals surface area contributed by atoms with Gasteiger partial charge in [0.2, 0.25) is 5.91 Å². The molecule has 144 valence electrons. The first-order valence-corrected chi connectivity index (χ1v) is 9.37. The monoisotopic (exact) mass is 368 g/mol. The van der Waals surface area contributed by atoms with Crippen LogP contribution in [0.15, 0.2) is 42.6 Å². The van der Waals surface area contributed by atoms with E-state index in [-0.39, 0.29) is 18.1 Å². The lowest BCUT2D eigenvalue weighted by atomic mass is 10.1. The van der Waals surface area contributed by atoms with Crippen molar-refractivity contribution in [2.24, 2.45) is 5.73 Å². The summed E-state index contributed by atoms with van der Waals surface area (Å²) in [5, 5.41) is 2.89. The van der Waals surface area contributed by atoms with E-state index in [4.69, 9.17) is 10.5 Å². The summed E-state index contributed by atoms with van der Waals surface area (Å²) in [5.41, 5.74) is 8.94. The van der Waals surface area contributed by atoms with Crippen molar-refractivity contribution in [3.63, 3.8) is 0 Å². The second-order valence-corrected chi connectivity index (χ2v) is 7.29. The first-order valence-electron chi connectivity index (χ1n) is 9.37. The normalized spacial score (nSPS) is 21.0. The maximum Gasteiger partial charge on any atom is 0.241 e. The van der Waals surface area contributed by atoms with Gasteiger partial charge in [-0.2, -0.15) is 0 Å². The molecule has 3 N–H and O–H groups in total. The van der Waals surface area contributed by atoms with Crippen molar-refractivity contribution in [2.75, 3.05) is 18.0 Å². The Hall–Kier alpha value is -2.44. The van der Waals surface area contributed by atoms with Gasteiger partial charge in [0.1, 0.15) is 11.9 Å². The third kappa shape index (κ3) is 5.05. The number of amides is 1. The Morgan fingerprint density at radius 1 is 1.22 bits per heavy atom. The molecule has 2 heterocycles. The van der Waals surface area contributed by atoms with Crippen LogP contribution in [0.25, 0.3) is 0 Å². The van der Waals surface area contributed by atoms with Gasteiger partial charge < -0.3 is 20.7 Å². The van der Waals surface area contributed by atoms with Gasteiger partial charge in [0.05, 0.1) is 12.2 Å². The summed E-state index contributed by atoms with van der Waals surface area (Å²) in [6.07, 6.45) is 2.19. The maximum absolute atomic E-state index is 12.3. The highest BCUT2D eigenvalue weighted by Gasteiger charge is 2.23. The van der Waals surface area contributed by atoms with Gasteiger partial charge >= 0.3 is 0 Å². The van der Waals surface area contributed by atoms with E-state index in [1.54, 1.807) is 6.20 Å². The van der Waals surface area contributed by atoms with Crippen LogP contribution in [0.1, 0.15) is 36.6 Å². The molecule has 0 saturated carbocycles. The molecule has 1 saturated heterocycles. The van der Waals surface area contributed by atoms with Crippen LogP contribution in [0.3, 0.4) is 0 Å². The minimum absolute atomic E-state index is 0.192. The number of nitrogens with one attached hydrogen (secondary N) is 1. The summed E-state index contributed by atoms with van der Waals surface area (Å²) in [5.74, 6) is 0.738. The molecule has 1 aromatic carbocycles. The summed E-state index contributed by atoms with van der Waals surface area (Å²) in [6.45, 7) is 8.22. The van der Waals surface area contributed by atoms with E-state index in [2.05, 4.69) is 29.0 Å². The Labute approximate surface area is 160 Å². The van der Waals surface area contributed by atoms with Gasteiger partial charge in [-0.05, 0) is 38.0 Å². The molecule has 0 aliphatic carbocycles. The van der Waals surface area contributed by atoms with E-state index in [1.165, 1.54) is 0 Å². The number of carbonyl (C=O) groups excluding carboxylic acids is 1. The summed E-state index contributed by atoms with van der Waals surface area (Å²) in [4.78, 5) is 19.1. The van der Waals surface area contributed by atoms with Gasteiger partial charge in [0.15, 0.2) is 0 Å². The molecular weight excluding hydrogens is 340 g/mol. The molecule has 3 rings (SSSR count). The lowest BCUT2D eigenvalue weighted by Gasteiger charge is -2.36. The first-order chi connectivity index (χ1) is 12.9. The number of anilines is 1. The molecule has 1 aliphatic rings. The molecule has 2 aromatic rings. The van der Waals surface area contributed by atoms with Crippen LogP contribution in [0.5, 0.6) is 0 Å². The molecule has 27 heavy (non-hydrogen) atoms. The molecule has 0 spiro atoms. The summed E-state index contributed by atoms with van der Waals surface area (Å²) >= 11 is 0. The third-order valence-corrected chi connectivity index (χ3v) is 4.74. The highest BCUT2D eigenvalue weighted by molar-refractivity contribution is 5.82. The quantitative estimate of drug-likeness (QED) is 0.847. The fraction of sp³-hybridized carbons (Fsp3) is 0.429. The third-order valence-electron chi connectivity index (χ3n) is 4.74. The fourth-order valence-corrected chi connectivity index (χ4v) is 3.30. The second-order valence-electron chi connectivity index (χ2n) is 7.29. The lowest BCUT2D eigenvalue weighted by molar-refractivity contribution is -0.122. The van der Waals surface area contributed by atoms with Gasteiger partial charge in [0.25, 0.3) is 0 Å². The number of carbonyl (C=O) groups is 1. The van der Waals surface area contributed by atoms with E-state index in [1.807, 2.05) is 43.3 Å². The molecule has 0 bridgehead atoms. The van der Waals surface area contributed by atoms with Crippen molar-refractivity contribution in [1.29, 1.82) is 0 Å². The van der Waals surface area contributed by atoms with Gasteiger partial charge in [-0.1, -0.05) is 35.9 Å². The van der Waals surface area contributed by atoms with Crippen LogP contribution in [0, 0.1) is 6.92 Å². The van der Waals surface area contributed by atoms with Crippen LogP contribution < -0.4 is 16.0 Å². The molecular formula is C21H28N4O2. The SMILES string of the molecule is Cc1ccc(C(N)C(=O)NCc2ccc(N3CC(C)OC(C)C3)nc2)cc1. The molecule has 1 aliphatic heterocycles. The first kappa shape index (κ1) is 19.3.